The highest BCUT2D eigenvalue weighted by molar-refractivity contribution is 8.00. The van der Waals surface area contributed by atoms with Gasteiger partial charge in [0.25, 0.3) is 10.0 Å². The number of sulfonamides is 1. The summed E-state index contributed by atoms with van der Waals surface area (Å²) in [6, 6.07) is 14.7. The summed E-state index contributed by atoms with van der Waals surface area (Å²) in [6.07, 6.45) is 0. The highest BCUT2D eigenvalue weighted by atomic mass is 32.2. The number of aryl methyl sites for hydroxylation is 1. The van der Waals surface area contributed by atoms with Gasteiger partial charge in [0.1, 0.15) is 0 Å². The minimum Gasteiger partial charge on any atom is -0.254 e. The lowest BCUT2D eigenvalue weighted by molar-refractivity contribution is 0.550. The number of hydrogen-bond donors (Lipinski definition) is 0. The van der Waals surface area contributed by atoms with Crippen LogP contribution in [0.15, 0.2) is 70.5 Å². The first-order valence-corrected chi connectivity index (χ1v) is 10.2. The first-order valence-electron chi connectivity index (χ1n) is 7.77. The quantitative estimate of drug-likeness (QED) is 0.750. The molecule has 0 saturated heterocycles. The van der Waals surface area contributed by atoms with Gasteiger partial charge >= 0.3 is 0 Å². The van der Waals surface area contributed by atoms with Crippen LogP contribution in [0.3, 0.4) is 0 Å². The fourth-order valence-corrected chi connectivity index (χ4v) is 6.09. The molecule has 24 heavy (non-hydrogen) atoms. The number of hydrogen-bond acceptors (Lipinski definition) is 3. The summed E-state index contributed by atoms with van der Waals surface area (Å²) in [4.78, 5) is 1.29. The molecule has 0 aromatic heterocycles. The highest BCUT2D eigenvalue weighted by Crippen LogP contribution is 2.47. The molecule has 0 aliphatic carbocycles. The van der Waals surface area contributed by atoms with Gasteiger partial charge in [-0.1, -0.05) is 42.0 Å². The largest absolute Gasteiger partial charge is 0.265 e. The van der Waals surface area contributed by atoms with Crippen molar-refractivity contribution in [1.82, 2.24) is 0 Å². The Morgan fingerprint density at radius 2 is 1.79 bits per heavy atom. The van der Waals surface area contributed by atoms with Gasteiger partial charge in [-0.15, -0.1) is 11.8 Å². The lowest BCUT2D eigenvalue weighted by Crippen LogP contribution is -2.54. The SMILES string of the molecule is C=C(C)C1(C)CSc2ccccc2N1S(=O)(=O)c1ccc(C)cc1. The molecule has 1 unspecified atom stereocenters. The molecular weight excluding hydrogens is 338 g/mol. The molecule has 3 nitrogen and oxygen atoms in total. The van der Waals surface area contributed by atoms with Crippen LogP contribution in [0.1, 0.15) is 19.4 Å². The van der Waals surface area contributed by atoms with E-state index in [9.17, 15) is 8.42 Å². The second-order valence-electron chi connectivity index (χ2n) is 6.39. The maximum Gasteiger partial charge on any atom is 0.265 e. The summed E-state index contributed by atoms with van der Waals surface area (Å²) >= 11 is 1.67. The van der Waals surface area contributed by atoms with Crippen molar-refractivity contribution in [2.75, 3.05) is 10.1 Å². The molecular formula is C19H21NO2S2. The molecule has 1 heterocycles. The van der Waals surface area contributed by atoms with Gasteiger partial charge in [0.05, 0.1) is 16.1 Å². The summed E-state index contributed by atoms with van der Waals surface area (Å²) in [5.41, 5.74) is 1.93. The molecule has 2 aromatic carbocycles. The van der Waals surface area contributed by atoms with Crippen molar-refractivity contribution in [2.24, 2.45) is 0 Å². The van der Waals surface area contributed by atoms with E-state index in [0.717, 1.165) is 21.7 Å². The van der Waals surface area contributed by atoms with Gasteiger partial charge in [-0.3, -0.25) is 4.31 Å². The van der Waals surface area contributed by atoms with Gasteiger partial charge < -0.3 is 0 Å². The van der Waals surface area contributed by atoms with Crippen LogP contribution in [0.4, 0.5) is 5.69 Å². The molecule has 0 radical (unpaired) electrons. The van der Waals surface area contributed by atoms with Crippen molar-refractivity contribution >= 4 is 27.5 Å². The van der Waals surface area contributed by atoms with Gasteiger partial charge in [0, 0.05) is 10.6 Å². The fraction of sp³-hybridized carbons (Fsp3) is 0.263. The van der Waals surface area contributed by atoms with E-state index < -0.39 is 15.6 Å². The number of anilines is 1. The van der Waals surface area contributed by atoms with Crippen molar-refractivity contribution in [3.05, 3.63) is 66.2 Å². The monoisotopic (exact) mass is 359 g/mol. The van der Waals surface area contributed by atoms with Gasteiger partial charge in [-0.05, 0) is 45.0 Å². The number of fused-ring (bicyclic) bond motifs is 1. The molecule has 5 heteroatoms. The number of thioether (sulfide) groups is 1. The van der Waals surface area contributed by atoms with Gasteiger partial charge in [-0.2, -0.15) is 0 Å². The van der Waals surface area contributed by atoms with Crippen LogP contribution in [0.2, 0.25) is 0 Å². The lowest BCUT2D eigenvalue weighted by atomic mass is 9.95. The predicted molar refractivity (Wildman–Crippen MR) is 101 cm³/mol. The predicted octanol–water partition coefficient (Wildman–Crippen LogP) is 4.63. The second kappa shape index (κ2) is 5.97. The van der Waals surface area contributed by atoms with Crippen molar-refractivity contribution in [2.45, 2.75) is 36.1 Å². The van der Waals surface area contributed by atoms with Crippen LogP contribution in [0.25, 0.3) is 0 Å². The molecule has 0 N–H and O–H groups in total. The molecule has 0 saturated carbocycles. The Hall–Kier alpha value is -1.72. The molecule has 2 aromatic rings. The number of rotatable bonds is 3. The third-order valence-electron chi connectivity index (χ3n) is 4.52. The third kappa shape index (κ3) is 2.66. The molecule has 1 aliphatic rings. The van der Waals surface area contributed by atoms with E-state index in [2.05, 4.69) is 6.58 Å². The molecule has 0 fully saturated rings. The Bertz CT molecular complexity index is 888. The topological polar surface area (TPSA) is 37.4 Å². The smallest absolute Gasteiger partial charge is 0.254 e. The number of para-hydroxylation sites is 1. The van der Waals surface area contributed by atoms with E-state index in [4.69, 9.17) is 0 Å². The van der Waals surface area contributed by atoms with E-state index >= 15 is 0 Å². The van der Waals surface area contributed by atoms with Crippen LogP contribution < -0.4 is 4.31 Å². The van der Waals surface area contributed by atoms with Crippen molar-refractivity contribution in [1.29, 1.82) is 0 Å². The average molecular weight is 360 g/mol. The maximum absolute atomic E-state index is 13.5. The minimum absolute atomic E-state index is 0.308. The summed E-state index contributed by atoms with van der Waals surface area (Å²) in [5, 5.41) is 0. The van der Waals surface area contributed by atoms with Crippen LogP contribution >= 0.6 is 11.8 Å². The van der Waals surface area contributed by atoms with Crippen molar-refractivity contribution < 1.29 is 8.42 Å². The van der Waals surface area contributed by atoms with Crippen LogP contribution in [0, 0.1) is 6.92 Å². The van der Waals surface area contributed by atoms with E-state index in [-0.39, 0.29) is 0 Å². The standard InChI is InChI=1S/C19H21NO2S2/c1-14(2)19(4)13-23-18-8-6-5-7-17(18)20(19)24(21,22)16-11-9-15(3)10-12-16/h5-12H,1,13H2,2-4H3. The van der Waals surface area contributed by atoms with Gasteiger partial charge in [0.15, 0.2) is 0 Å². The zero-order valence-corrected chi connectivity index (χ0v) is 15.7. The Morgan fingerprint density at radius 1 is 1.17 bits per heavy atom. The molecule has 126 valence electrons. The van der Waals surface area contributed by atoms with Crippen LogP contribution in [-0.2, 0) is 10.0 Å². The second-order valence-corrected chi connectivity index (χ2v) is 9.20. The van der Waals surface area contributed by atoms with Crippen molar-refractivity contribution in [3.8, 4) is 0 Å². The zero-order chi connectivity index (χ0) is 17.5. The minimum atomic E-state index is -3.69. The van der Waals surface area contributed by atoms with E-state index in [0.29, 0.717) is 10.6 Å². The summed E-state index contributed by atoms with van der Waals surface area (Å²) in [5.74, 6) is 0.643. The molecule has 0 amide bonds. The van der Waals surface area contributed by atoms with Crippen LogP contribution in [0.5, 0.6) is 0 Å². The summed E-state index contributed by atoms with van der Waals surface area (Å²) in [6.45, 7) is 9.86. The van der Waals surface area contributed by atoms with E-state index in [1.807, 2.05) is 57.2 Å². The van der Waals surface area contributed by atoms with Gasteiger partial charge in [-0.25, -0.2) is 8.42 Å². The molecule has 0 bridgehead atoms. The zero-order valence-electron chi connectivity index (χ0n) is 14.1. The lowest BCUT2D eigenvalue weighted by Gasteiger charge is -2.46. The fourth-order valence-electron chi connectivity index (χ4n) is 2.80. The highest BCUT2D eigenvalue weighted by Gasteiger charge is 2.45. The Morgan fingerprint density at radius 3 is 2.42 bits per heavy atom. The van der Waals surface area contributed by atoms with Gasteiger partial charge in [0.2, 0.25) is 0 Å². The summed E-state index contributed by atoms with van der Waals surface area (Å²) in [7, 11) is -3.69. The molecule has 1 atom stereocenters. The first-order chi connectivity index (χ1) is 11.3. The van der Waals surface area contributed by atoms with Crippen molar-refractivity contribution in [3.63, 3.8) is 0 Å². The third-order valence-corrected chi connectivity index (χ3v) is 7.83. The Balaban J connectivity index is 2.24. The normalized spacial score (nSPS) is 20.5. The molecule has 1 aliphatic heterocycles. The number of benzene rings is 2. The molecule has 3 rings (SSSR count). The summed E-state index contributed by atoms with van der Waals surface area (Å²) < 4.78 is 28.5. The number of nitrogens with zero attached hydrogens (tertiary/aromatic N) is 1. The molecule has 0 spiro atoms. The Kier molecular flexibility index (Phi) is 4.26. The maximum atomic E-state index is 13.5. The average Bonchev–Trinajstić information content (AvgIpc) is 2.54. The van der Waals surface area contributed by atoms with E-state index in [1.54, 1.807) is 28.2 Å². The Labute approximate surface area is 148 Å². The van der Waals surface area contributed by atoms with E-state index in [1.165, 1.54) is 0 Å². The first kappa shape index (κ1) is 17.1. The van der Waals surface area contributed by atoms with Crippen LogP contribution in [-0.4, -0.2) is 19.7 Å².